The molecule has 0 heterocycles. The molecule has 108 valence electrons. The molecule has 2 N–H and O–H groups in total. The summed E-state index contributed by atoms with van der Waals surface area (Å²) in [4.78, 5) is 4.44. The molecule has 1 rings (SSSR count). The lowest BCUT2D eigenvalue weighted by molar-refractivity contribution is 0.230. The first-order chi connectivity index (χ1) is 9.65. The maximum absolute atomic E-state index is 5.83. The number of aliphatic imine (C=N–C) groups is 1. The monoisotopic (exact) mass is 273 g/mol. The van der Waals surface area contributed by atoms with Crippen LogP contribution in [0.1, 0.15) is 19.4 Å². The van der Waals surface area contributed by atoms with Gasteiger partial charge in [0.1, 0.15) is 11.9 Å². The average Bonchev–Trinajstić information content (AvgIpc) is 2.42. The zero-order chi connectivity index (χ0) is 14.8. The van der Waals surface area contributed by atoms with Gasteiger partial charge in [0, 0.05) is 6.54 Å². The summed E-state index contributed by atoms with van der Waals surface area (Å²) >= 11 is 0. The van der Waals surface area contributed by atoms with E-state index in [4.69, 9.17) is 11.2 Å². The number of terminal acetylenes is 1. The molecule has 0 bridgehead atoms. The third-order valence-electron chi connectivity index (χ3n) is 2.54. The van der Waals surface area contributed by atoms with E-state index < -0.39 is 0 Å². The third kappa shape index (κ3) is 6.14. The largest absolute Gasteiger partial charge is 0.489 e. The highest BCUT2D eigenvalue weighted by Crippen LogP contribution is 2.14. The molecule has 0 saturated heterocycles. The predicted octanol–water partition coefficient (Wildman–Crippen LogP) is 1.95. The van der Waals surface area contributed by atoms with Gasteiger partial charge in [-0.15, -0.1) is 6.42 Å². The van der Waals surface area contributed by atoms with Gasteiger partial charge in [-0.2, -0.15) is 0 Å². The molecule has 0 aliphatic heterocycles. The number of hydrogen-bond donors (Lipinski definition) is 2. The molecule has 0 amide bonds. The summed E-state index contributed by atoms with van der Waals surface area (Å²) in [7, 11) is 0. The predicted molar refractivity (Wildman–Crippen MR) is 84.1 cm³/mol. The molecular weight excluding hydrogens is 250 g/mol. The van der Waals surface area contributed by atoms with E-state index in [1.807, 2.05) is 45.0 Å². The first-order valence-corrected chi connectivity index (χ1v) is 6.84. The lowest BCUT2D eigenvalue weighted by Gasteiger charge is -2.14. The molecule has 0 aliphatic carbocycles. The number of rotatable bonds is 6. The van der Waals surface area contributed by atoms with Gasteiger partial charge in [0.05, 0.1) is 13.1 Å². The van der Waals surface area contributed by atoms with E-state index in [1.165, 1.54) is 5.56 Å². The van der Waals surface area contributed by atoms with Gasteiger partial charge >= 0.3 is 0 Å². The van der Waals surface area contributed by atoms with Crippen molar-refractivity contribution in [2.45, 2.75) is 26.9 Å². The van der Waals surface area contributed by atoms with Gasteiger partial charge in [-0.25, -0.2) is 4.99 Å². The second-order valence-electron chi connectivity index (χ2n) is 4.52. The van der Waals surface area contributed by atoms with Crippen molar-refractivity contribution in [2.24, 2.45) is 4.99 Å². The Morgan fingerprint density at radius 2 is 2.25 bits per heavy atom. The van der Waals surface area contributed by atoms with Crippen molar-refractivity contribution in [3.8, 4) is 18.1 Å². The van der Waals surface area contributed by atoms with Crippen LogP contribution in [0.5, 0.6) is 5.75 Å². The highest BCUT2D eigenvalue weighted by atomic mass is 16.5. The van der Waals surface area contributed by atoms with Crippen molar-refractivity contribution in [1.82, 2.24) is 10.6 Å². The van der Waals surface area contributed by atoms with E-state index in [-0.39, 0.29) is 6.10 Å². The van der Waals surface area contributed by atoms with Crippen molar-refractivity contribution in [1.29, 1.82) is 0 Å². The van der Waals surface area contributed by atoms with Crippen LogP contribution in [0.4, 0.5) is 0 Å². The summed E-state index contributed by atoms with van der Waals surface area (Å²) in [6.45, 7) is 7.87. The quantitative estimate of drug-likeness (QED) is 0.473. The van der Waals surface area contributed by atoms with Gasteiger partial charge in [-0.3, -0.25) is 0 Å². The van der Waals surface area contributed by atoms with Crippen LogP contribution in [0.2, 0.25) is 0 Å². The summed E-state index contributed by atoms with van der Waals surface area (Å²) in [5.74, 6) is 4.11. The molecule has 1 aromatic carbocycles. The molecular formula is C16H23N3O. The number of nitrogens with one attached hydrogen (secondary N) is 2. The number of ether oxygens (including phenoxy) is 1. The maximum atomic E-state index is 5.83. The summed E-state index contributed by atoms with van der Waals surface area (Å²) in [6, 6.07) is 8.00. The van der Waals surface area contributed by atoms with E-state index in [9.17, 15) is 0 Å². The Labute approximate surface area is 121 Å². The van der Waals surface area contributed by atoms with E-state index in [1.54, 1.807) is 0 Å². The molecule has 0 aromatic heterocycles. The van der Waals surface area contributed by atoms with Crippen LogP contribution < -0.4 is 15.4 Å². The molecule has 4 heteroatoms. The minimum atomic E-state index is -0.00177. The Balaban J connectivity index is 2.51. The van der Waals surface area contributed by atoms with Gasteiger partial charge in [0.2, 0.25) is 0 Å². The number of aryl methyl sites for hydroxylation is 1. The van der Waals surface area contributed by atoms with Crippen LogP contribution in [0.15, 0.2) is 29.3 Å². The maximum Gasteiger partial charge on any atom is 0.192 e. The molecule has 0 saturated carbocycles. The third-order valence-corrected chi connectivity index (χ3v) is 2.54. The average molecular weight is 273 g/mol. The van der Waals surface area contributed by atoms with Gasteiger partial charge < -0.3 is 15.4 Å². The summed E-state index contributed by atoms with van der Waals surface area (Å²) in [5.41, 5.74) is 1.18. The smallest absolute Gasteiger partial charge is 0.192 e. The van der Waals surface area contributed by atoms with Crippen LogP contribution in [0, 0.1) is 19.3 Å². The summed E-state index contributed by atoms with van der Waals surface area (Å²) in [6.07, 6.45) is 5.22. The van der Waals surface area contributed by atoms with Gasteiger partial charge in [0.25, 0.3) is 0 Å². The first kappa shape index (κ1) is 15.9. The van der Waals surface area contributed by atoms with Crippen molar-refractivity contribution >= 4 is 5.96 Å². The summed E-state index contributed by atoms with van der Waals surface area (Å²) in [5, 5.41) is 6.18. The molecule has 1 atom stereocenters. The Kier molecular flexibility index (Phi) is 7.05. The fourth-order valence-corrected chi connectivity index (χ4v) is 1.65. The van der Waals surface area contributed by atoms with Gasteiger partial charge in [-0.05, 0) is 38.5 Å². The highest BCUT2D eigenvalue weighted by molar-refractivity contribution is 5.79. The number of benzene rings is 1. The first-order valence-electron chi connectivity index (χ1n) is 6.84. The lowest BCUT2D eigenvalue weighted by atomic mass is 10.2. The molecule has 20 heavy (non-hydrogen) atoms. The van der Waals surface area contributed by atoms with E-state index in [0.717, 1.165) is 12.3 Å². The van der Waals surface area contributed by atoms with Crippen LogP contribution in [0.25, 0.3) is 0 Å². The van der Waals surface area contributed by atoms with Crippen LogP contribution in [-0.4, -0.2) is 31.7 Å². The molecule has 1 unspecified atom stereocenters. The SMILES string of the molecule is C#CCNC(=NCC(C)Oc1cccc(C)c1)NCC. The molecule has 0 spiro atoms. The molecule has 0 fully saturated rings. The van der Waals surface area contributed by atoms with Gasteiger partial charge in [0.15, 0.2) is 5.96 Å². The minimum absolute atomic E-state index is 0.00177. The van der Waals surface area contributed by atoms with E-state index >= 15 is 0 Å². The van der Waals surface area contributed by atoms with Crippen molar-refractivity contribution in [2.75, 3.05) is 19.6 Å². The Morgan fingerprint density at radius 3 is 2.90 bits per heavy atom. The zero-order valence-corrected chi connectivity index (χ0v) is 12.4. The van der Waals surface area contributed by atoms with Crippen LogP contribution in [0.3, 0.4) is 0 Å². The Bertz CT molecular complexity index is 477. The topological polar surface area (TPSA) is 45.7 Å². The van der Waals surface area contributed by atoms with Crippen molar-refractivity contribution in [3.05, 3.63) is 29.8 Å². The second-order valence-corrected chi connectivity index (χ2v) is 4.52. The lowest BCUT2D eigenvalue weighted by Crippen LogP contribution is -2.38. The fourth-order valence-electron chi connectivity index (χ4n) is 1.65. The molecule has 4 nitrogen and oxygen atoms in total. The van der Waals surface area contributed by atoms with Crippen molar-refractivity contribution in [3.63, 3.8) is 0 Å². The van der Waals surface area contributed by atoms with E-state index in [0.29, 0.717) is 19.0 Å². The molecule has 1 aromatic rings. The fraction of sp³-hybridized carbons (Fsp3) is 0.438. The molecule has 0 radical (unpaired) electrons. The number of guanidine groups is 1. The normalized spacial score (nSPS) is 12.4. The zero-order valence-electron chi connectivity index (χ0n) is 12.4. The van der Waals surface area contributed by atoms with Crippen molar-refractivity contribution < 1.29 is 4.74 Å². The number of nitrogens with zero attached hydrogens (tertiary/aromatic N) is 1. The van der Waals surface area contributed by atoms with Gasteiger partial charge in [-0.1, -0.05) is 18.1 Å². The highest BCUT2D eigenvalue weighted by Gasteiger charge is 2.04. The van der Waals surface area contributed by atoms with Crippen LogP contribution >= 0.6 is 0 Å². The molecule has 0 aliphatic rings. The standard InChI is InChI=1S/C16H23N3O/c1-5-10-18-16(17-6-2)19-12-14(4)20-15-9-7-8-13(3)11-15/h1,7-9,11,14H,6,10,12H2,2-4H3,(H2,17,18,19). The van der Waals surface area contributed by atoms with Crippen LogP contribution in [-0.2, 0) is 0 Å². The Hall–Kier alpha value is -2.15. The van der Waals surface area contributed by atoms with E-state index in [2.05, 4.69) is 21.5 Å². The summed E-state index contributed by atoms with van der Waals surface area (Å²) < 4.78 is 5.83. The number of hydrogen-bond acceptors (Lipinski definition) is 2. The minimum Gasteiger partial charge on any atom is -0.489 e. The Morgan fingerprint density at radius 1 is 1.45 bits per heavy atom. The second kappa shape index (κ2) is 8.87.